The molecular weight excluding hydrogens is 952 g/mol. The van der Waals surface area contributed by atoms with E-state index < -0.39 is 57.8 Å². The van der Waals surface area contributed by atoms with Crippen LogP contribution in [0.5, 0.6) is 0 Å². The van der Waals surface area contributed by atoms with Gasteiger partial charge in [-0.2, -0.15) is 0 Å². The lowest BCUT2D eigenvalue weighted by Crippen LogP contribution is -2.30. The van der Waals surface area contributed by atoms with Crippen molar-refractivity contribution in [2.45, 2.75) is 303 Å². The predicted octanol–water partition coefficient (Wildman–Crippen LogP) is 18.1. The Balaban J connectivity index is 4.70. The number of hydrogen-bond acceptors (Lipinski definition) is 10. The van der Waals surface area contributed by atoms with Crippen LogP contribution in [-0.4, -0.2) is 66.5 Å². The van der Waals surface area contributed by atoms with E-state index in [0.717, 1.165) is 96.3 Å². The number of carbonyl (C=O) groups is 3. The Hall–Kier alpha value is -2.56. The summed E-state index contributed by atoms with van der Waals surface area (Å²) in [6.45, 7) is 4.61. The fourth-order valence-corrected chi connectivity index (χ4v) is 9.32. The summed E-state index contributed by atoms with van der Waals surface area (Å²) in [4.78, 5) is 48.6. The number of phosphoric ester groups is 1. The lowest BCUT2D eigenvalue weighted by Gasteiger charge is -2.21. The quantitative estimate of drug-likeness (QED) is 0.0197. The zero-order valence-electron chi connectivity index (χ0n) is 47.8. The third-order valence-corrected chi connectivity index (χ3v) is 14.2. The van der Waals surface area contributed by atoms with Crippen molar-refractivity contribution in [2.75, 3.05) is 26.4 Å². The van der Waals surface area contributed by atoms with Crippen molar-refractivity contribution in [3.05, 3.63) is 48.6 Å². The summed E-state index contributed by atoms with van der Waals surface area (Å²) in [6, 6.07) is 0. The molecule has 0 aromatic heterocycles. The van der Waals surface area contributed by atoms with Crippen LogP contribution in [0.15, 0.2) is 48.6 Å². The first-order valence-electron chi connectivity index (χ1n) is 30.5. The molecule has 0 saturated heterocycles. The van der Waals surface area contributed by atoms with Crippen molar-refractivity contribution in [3.8, 4) is 0 Å². The van der Waals surface area contributed by atoms with E-state index in [1.165, 1.54) is 135 Å². The SMILES string of the molecule is CCCCC/C=C\C/C=C\CCCCCCCCCCCC(=O)OCC(COP(=O)(O)OCC(CO)OC(=O)CCCCCCCCCCCCCCC)OC(=O)CCCCCCC/C=C\C/C=C\CCCCC. The number of ether oxygens (including phenoxy) is 3. The Kier molecular flexibility index (Phi) is 54.7. The highest BCUT2D eigenvalue weighted by Crippen LogP contribution is 2.43. The second-order valence-corrected chi connectivity index (χ2v) is 22.0. The molecule has 0 aromatic rings. The number of aliphatic hydroxyl groups excluding tert-OH is 1. The largest absolute Gasteiger partial charge is 0.472 e. The molecule has 0 aliphatic rings. The topological polar surface area (TPSA) is 155 Å². The second-order valence-electron chi connectivity index (χ2n) is 20.5. The van der Waals surface area contributed by atoms with Gasteiger partial charge in [-0.3, -0.25) is 23.4 Å². The number of carbonyl (C=O) groups excluding carboxylic acids is 3. The van der Waals surface area contributed by atoms with Crippen molar-refractivity contribution in [3.63, 3.8) is 0 Å². The molecule has 0 amide bonds. The van der Waals surface area contributed by atoms with E-state index in [1.807, 2.05) is 0 Å². The number of allylic oxidation sites excluding steroid dienone is 8. The third-order valence-electron chi connectivity index (χ3n) is 13.2. The molecule has 0 aliphatic heterocycles. The minimum Gasteiger partial charge on any atom is -0.462 e. The van der Waals surface area contributed by atoms with Gasteiger partial charge in [0.1, 0.15) is 12.7 Å². The van der Waals surface area contributed by atoms with E-state index in [9.17, 15) is 28.9 Å². The van der Waals surface area contributed by atoms with Crippen LogP contribution in [0.4, 0.5) is 0 Å². The molecule has 0 saturated carbocycles. The van der Waals surface area contributed by atoms with Crippen molar-refractivity contribution in [1.82, 2.24) is 0 Å². The summed E-state index contributed by atoms with van der Waals surface area (Å²) >= 11 is 0. The summed E-state index contributed by atoms with van der Waals surface area (Å²) in [5.74, 6) is -1.47. The third kappa shape index (κ3) is 54.2. The minimum atomic E-state index is -4.75. The van der Waals surface area contributed by atoms with E-state index in [1.54, 1.807) is 0 Å². The molecule has 0 radical (unpaired) electrons. The Morgan fingerprint density at radius 1 is 0.378 bits per heavy atom. The number of esters is 3. The maximum Gasteiger partial charge on any atom is 0.472 e. The smallest absolute Gasteiger partial charge is 0.462 e. The van der Waals surface area contributed by atoms with Gasteiger partial charge in [0.15, 0.2) is 6.10 Å². The Morgan fingerprint density at radius 3 is 1.03 bits per heavy atom. The number of aliphatic hydroxyl groups is 1. The van der Waals surface area contributed by atoms with E-state index in [4.69, 9.17) is 23.3 Å². The molecule has 0 bridgehead atoms. The average molecular weight is 1070 g/mol. The van der Waals surface area contributed by atoms with Crippen LogP contribution in [0.25, 0.3) is 0 Å². The van der Waals surface area contributed by atoms with Crippen molar-refractivity contribution in [1.29, 1.82) is 0 Å². The molecular formula is C62H113O11P. The van der Waals surface area contributed by atoms with Crippen molar-refractivity contribution < 1.29 is 52.2 Å². The van der Waals surface area contributed by atoms with Crippen LogP contribution in [-0.2, 0) is 42.2 Å². The van der Waals surface area contributed by atoms with Gasteiger partial charge in [0, 0.05) is 19.3 Å². The average Bonchev–Trinajstić information content (AvgIpc) is 3.39. The Labute approximate surface area is 453 Å². The van der Waals surface area contributed by atoms with Crippen molar-refractivity contribution in [2.24, 2.45) is 0 Å². The van der Waals surface area contributed by atoms with Gasteiger partial charge < -0.3 is 24.2 Å². The maximum atomic E-state index is 12.9. The predicted molar refractivity (Wildman–Crippen MR) is 307 cm³/mol. The molecule has 11 nitrogen and oxygen atoms in total. The van der Waals surface area contributed by atoms with Crippen LogP contribution in [0.3, 0.4) is 0 Å². The van der Waals surface area contributed by atoms with Crippen molar-refractivity contribution >= 4 is 25.7 Å². The van der Waals surface area contributed by atoms with E-state index >= 15 is 0 Å². The Morgan fingerprint density at radius 2 is 0.662 bits per heavy atom. The van der Waals surface area contributed by atoms with Crippen LogP contribution in [0.2, 0.25) is 0 Å². The monoisotopic (exact) mass is 1060 g/mol. The van der Waals surface area contributed by atoms with Gasteiger partial charge in [0.2, 0.25) is 0 Å². The molecule has 74 heavy (non-hydrogen) atoms. The van der Waals surface area contributed by atoms with Gasteiger partial charge >= 0.3 is 25.7 Å². The minimum absolute atomic E-state index is 0.153. The summed E-state index contributed by atoms with van der Waals surface area (Å²) in [5.41, 5.74) is 0. The van der Waals surface area contributed by atoms with E-state index in [-0.39, 0.29) is 25.9 Å². The van der Waals surface area contributed by atoms with Crippen LogP contribution >= 0.6 is 7.82 Å². The fourth-order valence-electron chi connectivity index (χ4n) is 8.54. The highest BCUT2D eigenvalue weighted by Gasteiger charge is 2.28. The highest BCUT2D eigenvalue weighted by atomic mass is 31.2. The maximum absolute atomic E-state index is 12.9. The van der Waals surface area contributed by atoms with Crippen LogP contribution < -0.4 is 0 Å². The zero-order chi connectivity index (χ0) is 54.1. The summed E-state index contributed by atoms with van der Waals surface area (Å²) in [7, 11) is -4.75. The molecule has 0 aliphatic carbocycles. The lowest BCUT2D eigenvalue weighted by molar-refractivity contribution is -0.161. The molecule has 0 rings (SSSR count). The first-order chi connectivity index (χ1) is 36.2. The van der Waals surface area contributed by atoms with Gasteiger partial charge in [0.05, 0.1) is 19.8 Å². The van der Waals surface area contributed by atoms with E-state index in [0.29, 0.717) is 19.3 Å². The summed E-state index contributed by atoms with van der Waals surface area (Å²) in [5, 5.41) is 9.82. The van der Waals surface area contributed by atoms with Crippen LogP contribution in [0.1, 0.15) is 290 Å². The molecule has 432 valence electrons. The number of phosphoric acid groups is 1. The molecule has 0 fully saturated rings. The number of hydrogen-bond donors (Lipinski definition) is 2. The summed E-state index contributed by atoms with van der Waals surface area (Å²) < 4.78 is 39.6. The molecule has 3 unspecified atom stereocenters. The Bertz CT molecular complexity index is 1430. The molecule has 0 spiro atoms. The van der Waals surface area contributed by atoms with Gasteiger partial charge in [0.25, 0.3) is 0 Å². The second kappa shape index (κ2) is 56.6. The van der Waals surface area contributed by atoms with Gasteiger partial charge in [-0.25, -0.2) is 4.57 Å². The lowest BCUT2D eigenvalue weighted by atomic mass is 10.0. The fraction of sp³-hybridized carbons (Fsp3) is 0.823. The number of rotatable bonds is 57. The van der Waals surface area contributed by atoms with Gasteiger partial charge in [-0.1, -0.05) is 236 Å². The molecule has 12 heteroatoms. The molecule has 2 N–H and O–H groups in total. The molecule has 0 aromatic carbocycles. The molecule has 3 atom stereocenters. The number of unbranched alkanes of at least 4 members (excludes halogenated alkanes) is 32. The van der Waals surface area contributed by atoms with Gasteiger partial charge in [-0.15, -0.1) is 0 Å². The first-order valence-corrected chi connectivity index (χ1v) is 32.0. The van der Waals surface area contributed by atoms with E-state index in [2.05, 4.69) is 69.4 Å². The zero-order valence-corrected chi connectivity index (χ0v) is 48.7. The summed E-state index contributed by atoms with van der Waals surface area (Å²) in [6.07, 6.45) is 60.6. The van der Waals surface area contributed by atoms with Crippen LogP contribution in [0, 0.1) is 0 Å². The van der Waals surface area contributed by atoms with Gasteiger partial charge in [-0.05, 0) is 83.5 Å². The first kappa shape index (κ1) is 71.4. The normalized spacial score (nSPS) is 13.6. The molecule has 0 heterocycles. The highest BCUT2D eigenvalue weighted by molar-refractivity contribution is 7.47. The standard InChI is InChI=1S/C62H113O11P/c1-4-7-10-13-16-19-22-25-27-28-29-30-32-34-36-39-42-45-48-51-60(64)69-55-59(73-62(66)53-50-47-44-41-38-35-31-26-23-20-17-14-11-8-5-2)57-71-74(67,68)70-56-58(54-63)72-61(65)52-49-46-43-40-37-33-24-21-18-15-12-9-6-3/h16-17,19-20,25-27,31,58-59,63H,4-15,18,21-24,28-30,32-57H2,1-3H3,(H,67,68)/b19-16-,20-17-,27-25-,31-26-.